The van der Waals surface area contributed by atoms with Crippen LogP contribution in [-0.2, 0) is 10.0 Å². The van der Waals surface area contributed by atoms with E-state index in [0.717, 1.165) is 18.9 Å². The summed E-state index contributed by atoms with van der Waals surface area (Å²) in [6, 6.07) is 12.5. The van der Waals surface area contributed by atoms with Crippen molar-refractivity contribution in [3.8, 4) is 0 Å². The minimum atomic E-state index is -3.41. The maximum absolute atomic E-state index is 12.8. The van der Waals surface area contributed by atoms with Gasteiger partial charge in [0.2, 0.25) is 10.0 Å². The van der Waals surface area contributed by atoms with E-state index < -0.39 is 10.0 Å². The molecule has 9 heteroatoms. The van der Waals surface area contributed by atoms with Crippen molar-refractivity contribution in [3.05, 3.63) is 48.8 Å². The Balaban J connectivity index is 1.33. The van der Waals surface area contributed by atoms with Crippen molar-refractivity contribution in [1.82, 2.24) is 24.1 Å². The van der Waals surface area contributed by atoms with E-state index in [1.165, 1.54) is 0 Å². The Hall–Kier alpha value is -2.52. The van der Waals surface area contributed by atoms with Gasteiger partial charge in [-0.25, -0.2) is 8.42 Å². The highest BCUT2D eigenvalue weighted by atomic mass is 32.2. The van der Waals surface area contributed by atoms with Crippen LogP contribution in [0.1, 0.15) is 0 Å². The van der Waals surface area contributed by atoms with Crippen molar-refractivity contribution in [2.75, 3.05) is 31.1 Å². The molecule has 134 valence electrons. The van der Waals surface area contributed by atoms with Crippen LogP contribution in [0.15, 0.2) is 53.7 Å². The number of anilines is 1. The zero-order chi connectivity index (χ0) is 17.7. The fraction of sp³-hybridized carbons (Fsp3) is 0.353. The van der Waals surface area contributed by atoms with E-state index in [1.807, 2.05) is 18.2 Å². The molecular weight excluding hydrogens is 352 g/mol. The number of rotatable bonds is 3. The Labute approximate surface area is 151 Å². The molecule has 4 heterocycles. The smallest absolute Gasteiger partial charge is 0.243 e. The number of benzene rings is 1. The summed E-state index contributed by atoms with van der Waals surface area (Å²) >= 11 is 0. The molecule has 0 spiro atoms. The first kappa shape index (κ1) is 15.7. The summed E-state index contributed by atoms with van der Waals surface area (Å²) in [5.74, 6) is 1.53. The molecule has 0 N–H and O–H groups in total. The second-order valence-corrected chi connectivity index (χ2v) is 8.82. The third-order valence-electron chi connectivity index (χ3n) is 5.31. The molecule has 2 unspecified atom stereocenters. The van der Waals surface area contributed by atoms with E-state index in [0.29, 0.717) is 35.5 Å². The molecule has 0 radical (unpaired) electrons. The van der Waals surface area contributed by atoms with E-state index in [2.05, 4.69) is 20.2 Å². The second-order valence-electron chi connectivity index (χ2n) is 6.89. The Morgan fingerprint density at radius 2 is 1.65 bits per heavy atom. The number of hydrogen-bond acceptors (Lipinski definition) is 6. The van der Waals surface area contributed by atoms with Gasteiger partial charge in [-0.05, 0) is 36.1 Å². The normalized spacial score (nSPS) is 23.6. The first-order valence-electron chi connectivity index (χ1n) is 8.58. The third kappa shape index (κ3) is 2.46. The van der Waals surface area contributed by atoms with Crippen LogP contribution in [0.2, 0.25) is 0 Å². The van der Waals surface area contributed by atoms with Crippen LogP contribution >= 0.6 is 0 Å². The van der Waals surface area contributed by atoms with Gasteiger partial charge in [0.05, 0.1) is 4.90 Å². The zero-order valence-electron chi connectivity index (χ0n) is 14.0. The van der Waals surface area contributed by atoms with Gasteiger partial charge in [0, 0.05) is 26.2 Å². The maximum atomic E-state index is 12.8. The van der Waals surface area contributed by atoms with Gasteiger partial charge in [0.1, 0.15) is 12.1 Å². The molecule has 0 amide bonds. The lowest BCUT2D eigenvalue weighted by atomic mass is 10.0. The highest BCUT2D eigenvalue weighted by Crippen LogP contribution is 2.35. The van der Waals surface area contributed by atoms with Crippen molar-refractivity contribution in [2.45, 2.75) is 4.90 Å². The molecule has 2 aliphatic rings. The molecule has 8 nitrogen and oxygen atoms in total. The lowest BCUT2D eigenvalue weighted by molar-refractivity contribution is 0.453. The second kappa shape index (κ2) is 5.75. The Morgan fingerprint density at radius 1 is 0.923 bits per heavy atom. The third-order valence-corrected chi connectivity index (χ3v) is 7.15. The Bertz CT molecular complexity index is 1040. The van der Waals surface area contributed by atoms with Crippen molar-refractivity contribution >= 4 is 21.5 Å². The van der Waals surface area contributed by atoms with Gasteiger partial charge in [0.15, 0.2) is 5.65 Å². The predicted octanol–water partition coefficient (Wildman–Crippen LogP) is 0.881. The molecule has 2 fully saturated rings. The quantitative estimate of drug-likeness (QED) is 0.681. The van der Waals surface area contributed by atoms with Crippen molar-refractivity contribution in [1.29, 1.82) is 0 Å². The fourth-order valence-corrected chi connectivity index (χ4v) is 5.54. The van der Waals surface area contributed by atoms with Crippen LogP contribution in [0.25, 0.3) is 5.65 Å². The Morgan fingerprint density at radius 3 is 2.38 bits per heavy atom. The lowest BCUT2D eigenvalue weighted by Crippen LogP contribution is -2.33. The van der Waals surface area contributed by atoms with Crippen LogP contribution in [0.4, 0.5) is 5.82 Å². The molecule has 2 saturated heterocycles. The highest BCUT2D eigenvalue weighted by molar-refractivity contribution is 7.89. The molecule has 0 bridgehead atoms. The first-order chi connectivity index (χ1) is 12.6. The summed E-state index contributed by atoms with van der Waals surface area (Å²) in [6.45, 7) is 2.75. The highest BCUT2D eigenvalue weighted by Gasteiger charge is 2.44. The summed E-state index contributed by atoms with van der Waals surface area (Å²) in [4.78, 5) is 2.60. The van der Waals surface area contributed by atoms with E-state index >= 15 is 0 Å². The number of aromatic nitrogens is 4. The number of nitrogens with zero attached hydrogens (tertiary/aromatic N) is 6. The predicted molar refractivity (Wildman–Crippen MR) is 95.2 cm³/mol. The SMILES string of the molecule is O=S(=O)(c1ccccc1)N1CC2CN(c3ccc4nncn4n3)CC2C1. The van der Waals surface area contributed by atoms with Crippen molar-refractivity contribution in [2.24, 2.45) is 11.8 Å². The van der Waals surface area contributed by atoms with E-state index in [4.69, 9.17) is 0 Å². The van der Waals surface area contributed by atoms with Gasteiger partial charge >= 0.3 is 0 Å². The van der Waals surface area contributed by atoms with Gasteiger partial charge < -0.3 is 4.90 Å². The first-order valence-corrected chi connectivity index (χ1v) is 10.0. The summed E-state index contributed by atoms with van der Waals surface area (Å²) in [6.07, 6.45) is 1.59. The van der Waals surface area contributed by atoms with Gasteiger partial charge in [0.25, 0.3) is 0 Å². The Kier molecular flexibility index (Phi) is 3.47. The molecule has 5 rings (SSSR count). The number of sulfonamides is 1. The standard InChI is InChI=1S/C17H18N6O2S/c24-26(25,15-4-2-1-3-5-15)22-10-13-8-21(9-14(13)11-22)17-7-6-16-19-18-12-23(16)20-17/h1-7,12-14H,8-11H2. The zero-order valence-corrected chi connectivity index (χ0v) is 14.8. The topological polar surface area (TPSA) is 83.7 Å². The fourth-order valence-electron chi connectivity index (χ4n) is 3.96. The van der Waals surface area contributed by atoms with Crippen molar-refractivity contribution in [3.63, 3.8) is 0 Å². The van der Waals surface area contributed by atoms with Gasteiger partial charge in [-0.15, -0.1) is 15.3 Å². The summed E-state index contributed by atoms with van der Waals surface area (Å²) in [5, 5.41) is 12.4. The van der Waals surface area contributed by atoms with Crippen LogP contribution < -0.4 is 4.90 Å². The van der Waals surface area contributed by atoms with Gasteiger partial charge in [-0.3, -0.25) is 0 Å². The number of fused-ring (bicyclic) bond motifs is 2. The summed E-state index contributed by atoms with van der Waals surface area (Å²) in [5.41, 5.74) is 0.716. The molecule has 26 heavy (non-hydrogen) atoms. The van der Waals surface area contributed by atoms with Crippen LogP contribution in [0, 0.1) is 11.8 Å². The van der Waals surface area contributed by atoms with Gasteiger partial charge in [-0.1, -0.05) is 18.2 Å². The molecule has 0 aliphatic carbocycles. The largest absolute Gasteiger partial charge is 0.355 e. The van der Waals surface area contributed by atoms with Crippen LogP contribution in [-0.4, -0.2) is 58.7 Å². The molecule has 2 aliphatic heterocycles. The molecule has 1 aromatic carbocycles. The van der Waals surface area contributed by atoms with Crippen LogP contribution in [0.5, 0.6) is 0 Å². The van der Waals surface area contributed by atoms with E-state index in [1.54, 1.807) is 39.4 Å². The minimum Gasteiger partial charge on any atom is -0.355 e. The van der Waals surface area contributed by atoms with Crippen LogP contribution in [0.3, 0.4) is 0 Å². The average Bonchev–Trinajstić information content (AvgIpc) is 3.36. The molecule has 2 atom stereocenters. The maximum Gasteiger partial charge on any atom is 0.243 e. The van der Waals surface area contributed by atoms with E-state index in [9.17, 15) is 8.42 Å². The molecule has 2 aromatic heterocycles. The molecular formula is C17H18N6O2S. The average molecular weight is 370 g/mol. The number of hydrogen-bond donors (Lipinski definition) is 0. The molecule has 0 saturated carbocycles. The van der Waals surface area contributed by atoms with Gasteiger partial charge in [-0.2, -0.15) is 8.82 Å². The summed E-state index contributed by atoms with van der Waals surface area (Å²) in [7, 11) is -3.41. The van der Waals surface area contributed by atoms with E-state index in [-0.39, 0.29) is 0 Å². The minimum absolute atomic E-state index is 0.326. The lowest BCUT2D eigenvalue weighted by Gasteiger charge is -2.22. The monoisotopic (exact) mass is 370 g/mol. The summed E-state index contributed by atoms with van der Waals surface area (Å²) < 4.78 is 28.9. The molecule has 3 aromatic rings. The van der Waals surface area contributed by atoms with Crippen molar-refractivity contribution < 1.29 is 8.42 Å².